The second-order valence-electron chi connectivity index (χ2n) is 21.3. The normalized spacial score (nSPS) is 22.9. The summed E-state index contributed by atoms with van der Waals surface area (Å²) in [5, 5.41) is 25.2. The lowest BCUT2D eigenvalue weighted by Crippen LogP contribution is -2.64. The van der Waals surface area contributed by atoms with Gasteiger partial charge in [-0.1, -0.05) is 99.1 Å². The van der Waals surface area contributed by atoms with Crippen LogP contribution in [0.3, 0.4) is 0 Å². The SMILES string of the molecule is CCC(=O)CCCCC[C@@H]1NC(=O)[C@H]2CCCCN2C(=O)[C@H](C(C)CC)NC(=O)[C@H](Cc2cn(CC(=O)NCCCCCCNC(=O)CCSSCCNC(=O)CCCCC3SCC4NC(=O)NC43)c3ccccc23)NC1=O. The highest BCUT2D eigenvalue weighted by Crippen LogP contribution is 2.33. The average molecular weight is 1140 g/mol. The molecule has 432 valence electrons. The smallest absolute Gasteiger partial charge is 0.315 e. The van der Waals surface area contributed by atoms with Crippen molar-refractivity contribution in [2.45, 2.75) is 197 Å². The van der Waals surface area contributed by atoms with Gasteiger partial charge in [0.25, 0.3) is 0 Å². The van der Waals surface area contributed by atoms with Crippen LogP contribution in [-0.2, 0) is 51.3 Å². The molecule has 6 rings (SSSR count). The van der Waals surface area contributed by atoms with E-state index in [0.29, 0.717) is 101 Å². The summed E-state index contributed by atoms with van der Waals surface area (Å²) in [4.78, 5) is 120. The number of fused-ring (bicyclic) bond motifs is 3. The van der Waals surface area contributed by atoms with E-state index in [0.717, 1.165) is 85.8 Å². The van der Waals surface area contributed by atoms with Crippen LogP contribution in [0.1, 0.15) is 148 Å². The summed E-state index contributed by atoms with van der Waals surface area (Å²) < 4.78 is 1.84. The second-order valence-corrected chi connectivity index (χ2v) is 25.2. The van der Waals surface area contributed by atoms with E-state index in [1.54, 1.807) is 26.5 Å². The molecule has 4 aliphatic rings. The summed E-state index contributed by atoms with van der Waals surface area (Å²) in [5.41, 5.74) is 1.52. The number of carbonyl (C=O) groups is 9. The van der Waals surface area contributed by atoms with Crippen LogP contribution in [0.2, 0.25) is 0 Å². The number of nitrogens with one attached hydrogen (secondary N) is 8. The molecule has 8 atom stereocenters. The Labute approximate surface area is 472 Å². The molecule has 9 amide bonds. The van der Waals surface area contributed by atoms with Crippen molar-refractivity contribution >= 4 is 97.4 Å². The Kier molecular flexibility index (Phi) is 26.3. The van der Waals surface area contributed by atoms with Crippen LogP contribution in [0, 0.1) is 5.92 Å². The summed E-state index contributed by atoms with van der Waals surface area (Å²) in [7, 11) is 3.28. The van der Waals surface area contributed by atoms with Crippen molar-refractivity contribution in [2.24, 2.45) is 5.92 Å². The first-order chi connectivity index (χ1) is 37.8. The molecule has 0 bridgehead atoms. The van der Waals surface area contributed by atoms with E-state index >= 15 is 0 Å². The van der Waals surface area contributed by atoms with Gasteiger partial charge < -0.3 is 52.0 Å². The van der Waals surface area contributed by atoms with Crippen molar-refractivity contribution in [3.8, 4) is 0 Å². The number of nitrogens with zero attached hydrogens (tertiary/aromatic N) is 2. The van der Waals surface area contributed by atoms with Crippen LogP contribution in [0.25, 0.3) is 10.9 Å². The van der Waals surface area contributed by atoms with Gasteiger partial charge in [-0.3, -0.25) is 38.4 Å². The maximum atomic E-state index is 14.5. The summed E-state index contributed by atoms with van der Waals surface area (Å²) in [6.45, 7) is 7.77. The first-order valence-electron chi connectivity index (χ1n) is 28.8. The van der Waals surface area contributed by atoms with Crippen molar-refractivity contribution in [3.05, 3.63) is 36.0 Å². The van der Waals surface area contributed by atoms with E-state index in [2.05, 4.69) is 42.5 Å². The van der Waals surface area contributed by atoms with Gasteiger partial charge in [0.2, 0.25) is 41.4 Å². The molecule has 0 radical (unpaired) electrons. The van der Waals surface area contributed by atoms with Gasteiger partial charge in [0, 0.05) is 97.9 Å². The van der Waals surface area contributed by atoms with Gasteiger partial charge in [-0.15, -0.1) is 0 Å². The summed E-state index contributed by atoms with van der Waals surface area (Å²) in [6, 6.07) is 4.19. The number of aromatic nitrogens is 1. The summed E-state index contributed by atoms with van der Waals surface area (Å²) >= 11 is 1.89. The lowest BCUT2D eigenvalue weighted by atomic mass is 9.93. The van der Waals surface area contributed by atoms with E-state index in [1.807, 2.05) is 67.6 Å². The van der Waals surface area contributed by atoms with Crippen LogP contribution < -0.4 is 42.5 Å². The standard InChI is InChI=1S/C56H86N10O9S3/c1-4-37(3)50-55(74)66-30-18-15-23-45(66)54(73)60-41(21-10-8-9-19-39(67)5-2)52(71)61-42(53(72)63-50)33-38-34-65(44-22-12-11-20-40(38)44)35-49(70)58-28-17-7-6-16-27-57-48(69)26-31-77-78-32-29-59-47(68)25-14-13-24-46-51-43(36-76-46)62-56(75)64-51/h11-12,20,22,34,37,41-43,45-46,50-51H,4-10,13-19,21,23-33,35-36H2,1-3H3,(H,57,69)(H,58,70)(H,59,68)(H,60,73)(H,61,71)(H,63,72)(H2,62,64,75)/t37?,41-,42-,43?,45+,46?,50-,51?/m0/s1. The Morgan fingerprint density at radius 2 is 1.38 bits per heavy atom. The molecule has 22 heteroatoms. The number of amides is 9. The van der Waals surface area contributed by atoms with Gasteiger partial charge in [0.15, 0.2) is 0 Å². The molecule has 4 saturated heterocycles. The molecule has 5 heterocycles. The maximum absolute atomic E-state index is 14.5. The molecule has 78 heavy (non-hydrogen) atoms. The molecule has 4 unspecified atom stereocenters. The highest BCUT2D eigenvalue weighted by atomic mass is 33.1. The monoisotopic (exact) mass is 1140 g/mol. The Hall–Kier alpha value is -4.96. The Balaban J connectivity index is 0.897. The van der Waals surface area contributed by atoms with E-state index in [4.69, 9.17) is 0 Å². The molecule has 2 aromatic rings. The molecule has 1 aromatic heterocycles. The Morgan fingerprint density at radius 3 is 2.17 bits per heavy atom. The number of rotatable bonds is 32. The largest absolute Gasteiger partial charge is 0.356 e. The highest BCUT2D eigenvalue weighted by molar-refractivity contribution is 8.76. The van der Waals surface area contributed by atoms with Crippen LogP contribution in [0.15, 0.2) is 30.5 Å². The topological polar surface area (TPSA) is 258 Å². The fourth-order valence-corrected chi connectivity index (χ4v) is 14.1. The number of hydrogen-bond donors (Lipinski definition) is 8. The first-order valence-corrected chi connectivity index (χ1v) is 32.3. The molecule has 0 saturated carbocycles. The van der Waals surface area contributed by atoms with Crippen molar-refractivity contribution in [3.63, 3.8) is 0 Å². The predicted molar refractivity (Wildman–Crippen MR) is 310 cm³/mol. The van der Waals surface area contributed by atoms with Gasteiger partial charge in [0.05, 0.1) is 12.1 Å². The average Bonchev–Trinajstić information content (AvgIpc) is 4.18. The quantitative estimate of drug-likeness (QED) is 0.0260. The van der Waals surface area contributed by atoms with Crippen LogP contribution in [0.4, 0.5) is 4.79 Å². The summed E-state index contributed by atoms with van der Waals surface area (Å²) in [5.74, 6) is 0.531. The minimum atomic E-state index is -1.11. The van der Waals surface area contributed by atoms with Crippen molar-refractivity contribution in [1.82, 2.24) is 52.0 Å². The molecule has 8 N–H and O–H groups in total. The third-order valence-electron chi connectivity index (χ3n) is 15.4. The zero-order valence-electron chi connectivity index (χ0n) is 46.1. The maximum Gasteiger partial charge on any atom is 0.315 e. The molecule has 0 aliphatic carbocycles. The number of thioether (sulfide) groups is 1. The minimum absolute atomic E-state index is 0.0164. The number of para-hydroxylation sites is 1. The second kappa shape index (κ2) is 33.0. The van der Waals surface area contributed by atoms with E-state index in [9.17, 15) is 43.2 Å². The summed E-state index contributed by atoms with van der Waals surface area (Å²) in [6.07, 6.45) is 14.7. The number of Topliss-reactive ketones (excluding diaryl/α,β-unsaturated/α-hetero) is 1. The number of piperidine rings is 1. The highest BCUT2D eigenvalue weighted by Gasteiger charge is 2.43. The number of ketones is 1. The molecule has 0 spiro atoms. The lowest BCUT2D eigenvalue weighted by Gasteiger charge is -2.39. The first kappa shape index (κ1) is 62.2. The van der Waals surface area contributed by atoms with Crippen LogP contribution in [0.5, 0.6) is 0 Å². The van der Waals surface area contributed by atoms with E-state index in [1.165, 1.54) is 0 Å². The fraction of sp³-hybridized carbons (Fsp3) is 0.696. The number of hydrogen-bond acceptors (Lipinski definition) is 12. The third-order valence-corrected chi connectivity index (χ3v) is 19.3. The lowest BCUT2D eigenvalue weighted by molar-refractivity contribution is -0.147. The van der Waals surface area contributed by atoms with Crippen molar-refractivity contribution in [2.75, 3.05) is 43.4 Å². The third kappa shape index (κ3) is 19.4. The van der Waals surface area contributed by atoms with Crippen molar-refractivity contribution in [1.29, 1.82) is 0 Å². The molecule has 4 aliphatic heterocycles. The fourth-order valence-electron chi connectivity index (χ4n) is 10.7. The van der Waals surface area contributed by atoms with E-state index < -0.39 is 36.0 Å². The molecular formula is C56H86N10O9S3. The van der Waals surface area contributed by atoms with E-state index in [-0.39, 0.29) is 72.3 Å². The van der Waals surface area contributed by atoms with Crippen LogP contribution in [-0.4, -0.2) is 148 Å². The van der Waals surface area contributed by atoms with Gasteiger partial charge in [-0.05, 0) is 75.3 Å². The number of unbranched alkanes of at least 4 members (excludes halogenated alkanes) is 6. The van der Waals surface area contributed by atoms with Gasteiger partial charge in [-0.2, -0.15) is 11.8 Å². The minimum Gasteiger partial charge on any atom is -0.356 e. The Bertz CT molecular complexity index is 2360. The molecular weight excluding hydrogens is 1050 g/mol. The molecule has 19 nitrogen and oxygen atoms in total. The zero-order valence-corrected chi connectivity index (χ0v) is 48.5. The van der Waals surface area contributed by atoms with Crippen molar-refractivity contribution < 1.29 is 43.2 Å². The van der Waals surface area contributed by atoms with Crippen LogP contribution >= 0.6 is 33.3 Å². The Morgan fingerprint density at radius 1 is 0.705 bits per heavy atom. The predicted octanol–water partition coefficient (Wildman–Crippen LogP) is 5.41. The number of carbonyl (C=O) groups excluding carboxylic acids is 9. The van der Waals surface area contributed by atoms with Gasteiger partial charge in [-0.25, -0.2) is 4.79 Å². The number of benzene rings is 1. The zero-order chi connectivity index (χ0) is 55.8. The van der Waals surface area contributed by atoms with Gasteiger partial charge in [0.1, 0.15) is 36.5 Å². The number of urea groups is 1. The molecule has 4 fully saturated rings. The van der Waals surface area contributed by atoms with Gasteiger partial charge >= 0.3 is 6.03 Å². The molecule has 1 aromatic carbocycles.